The summed E-state index contributed by atoms with van der Waals surface area (Å²) in [5.74, 6) is -0.0194. The number of fused-ring (bicyclic) bond motifs is 1. The number of aromatic nitrogens is 1. The molecule has 3 aromatic rings. The molecule has 0 unspecified atom stereocenters. The maximum Gasteiger partial charge on any atom is 0.224 e. The molecular formula is C18H16BrClN2O. The SMILES string of the molecule is O=C(CCCc1c[nH]c2ccccc12)Nc1ccc(Br)cc1Cl. The molecule has 2 aromatic carbocycles. The van der Waals surface area contributed by atoms with E-state index in [9.17, 15) is 4.79 Å². The van der Waals surface area contributed by atoms with E-state index in [-0.39, 0.29) is 5.91 Å². The van der Waals surface area contributed by atoms with Crippen molar-refractivity contribution in [2.75, 3.05) is 5.32 Å². The molecule has 0 aliphatic carbocycles. The zero-order valence-electron chi connectivity index (χ0n) is 12.4. The molecular weight excluding hydrogens is 376 g/mol. The molecule has 0 saturated heterocycles. The number of anilines is 1. The Kier molecular flexibility index (Phi) is 5.03. The number of para-hydroxylation sites is 1. The molecule has 0 radical (unpaired) electrons. The van der Waals surface area contributed by atoms with Gasteiger partial charge in [-0.05, 0) is 42.7 Å². The molecule has 0 fully saturated rings. The van der Waals surface area contributed by atoms with Gasteiger partial charge in [0.2, 0.25) is 5.91 Å². The van der Waals surface area contributed by atoms with Crippen molar-refractivity contribution in [1.82, 2.24) is 4.98 Å². The molecule has 118 valence electrons. The third-order valence-electron chi connectivity index (χ3n) is 3.73. The molecule has 3 nitrogen and oxygen atoms in total. The maximum absolute atomic E-state index is 12.1. The lowest BCUT2D eigenvalue weighted by Gasteiger charge is -2.07. The number of hydrogen-bond acceptors (Lipinski definition) is 1. The highest BCUT2D eigenvalue weighted by Gasteiger charge is 2.08. The van der Waals surface area contributed by atoms with E-state index in [0.717, 1.165) is 22.8 Å². The van der Waals surface area contributed by atoms with Gasteiger partial charge in [0.25, 0.3) is 0 Å². The van der Waals surface area contributed by atoms with Gasteiger partial charge >= 0.3 is 0 Å². The summed E-state index contributed by atoms with van der Waals surface area (Å²) in [5, 5.41) is 4.61. The first-order chi connectivity index (χ1) is 11.1. The molecule has 3 rings (SSSR count). The second-order valence-corrected chi connectivity index (χ2v) is 6.71. The highest BCUT2D eigenvalue weighted by atomic mass is 79.9. The van der Waals surface area contributed by atoms with Gasteiger partial charge in [0, 0.05) is 28.0 Å². The monoisotopic (exact) mass is 390 g/mol. The number of amides is 1. The third kappa shape index (κ3) is 3.95. The Balaban J connectivity index is 1.55. The Hall–Kier alpha value is -1.78. The van der Waals surface area contributed by atoms with Crippen LogP contribution in [-0.2, 0) is 11.2 Å². The third-order valence-corrected chi connectivity index (χ3v) is 4.54. The number of benzene rings is 2. The van der Waals surface area contributed by atoms with Crippen molar-refractivity contribution in [3.63, 3.8) is 0 Å². The molecule has 0 aliphatic rings. The van der Waals surface area contributed by atoms with E-state index >= 15 is 0 Å². The van der Waals surface area contributed by atoms with Crippen molar-refractivity contribution >= 4 is 50.0 Å². The quantitative estimate of drug-likeness (QED) is 0.589. The van der Waals surface area contributed by atoms with Gasteiger partial charge in [-0.2, -0.15) is 0 Å². The van der Waals surface area contributed by atoms with Crippen LogP contribution in [0.3, 0.4) is 0 Å². The van der Waals surface area contributed by atoms with Gasteiger partial charge in [-0.1, -0.05) is 45.7 Å². The summed E-state index contributed by atoms with van der Waals surface area (Å²) < 4.78 is 0.889. The van der Waals surface area contributed by atoms with Gasteiger partial charge in [0.05, 0.1) is 10.7 Å². The molecule has 0 aliphatic heterocycles. The van der Waals surface area contributed by atoms with Crippen molar-refractivity contribution in [2.24, 2.45) is 0 Å². The fourth-order valence-electron chi connectivity index (χ4n) is 2.58. The summed E-state index contributed by atoms with van der Waals surface area (Å²) in [6.07, 6.45) is 4.15. The number of hydrogen-bond donors (Lipinski definition) is 2. The molecule has 0 saturated carbocycles. The number of nitrogens with one attached hydrogen (secondary N) is 2. The predicted molar refractivity (Wildman–Crippen MR) is 99.0 cm³/mol. The number of aryl methyl sites for hydroxylation is 1. The van der Waals surface area contributed by atoms with Crippen molar-refractivity contribution in [1.29, 1.82) is 0 Å². The van der Waals surface area contributed by atoms with Crippen LogP contribution in [0.2, 0.25) is 5.02 Å². The highest BCUT2D eigenvalue weighted by Crippen LogP contribution is 2.26. The number of carbonyl (C=O) groups excluding carboxylic acids is 1. The minimum absolute atomic E-state index is 0.0194. The summed E-state index contributed by atoms with van der Waals surface area (Å²) in [6, 6.07) is 13.6. The molecule has 1 aromatic heterocycles. The Labute approximate surface area is 148 Å². The topological polar surface area (TPSA) is 44.9 Å². The molecule has 0 atom stereocenters. The van der Waals surface area contributed by atoms with Gasteiger partial charge in [-0.15, -0.1) is 0 Å². The normalized spacial score (nSPS) is 10.9. The Morgan fingerprint density at radius 1 is 1.22 bits per heavy atom. The standard InChI is InChI=1S/C18H16BrClN2O/c19-13-8-9-17(15(20)10-13)22-18(23)7-3-4-12-11-21-16-6-2-1-5-14(12)16/h1-2,5-6,8-11,21H,3-4,7H2,(H,22,23). The van der Waals surface area contributed by atoms with Crippen LogP contribution < -0.4 is 5.32 Å². The lowest BCUT2D eigenvalue weighted by Crippen LogP contribution is -2.11. The van der Waals surface area contributed by atoms with Gasteiger partial charge < -0.3 is 10.3 Å². The van der Waals surface area contributed by atoms with Gasteiger partial charge in [-0.3, -0.25) is 4.79 Å². The number of rotatable bonds is 5. The Morgan fingerprint density at radius 3 is 2.87 bits per heavy atom. The summed E-state index contributed by atoms with van der Waals surface area (Å²) in [4.78, 5) is 15.3. The molecule has 2 N–H and O–H groups in total. The van der Waals surface area contributed by atoms with Crippen LogP contribution in [0.15, 0.2) is 53.1 Å². The summed E-state index contributed by atoms with van der Waals surface area (Å²) in [7, 11) is 0. The van der Waals surface area contributed by atoms with Crippen LogP contribution in [0.4, 0.5) is 5.69 Å². The fourth-order valence-corrected chi connectivity index (χ4v) is 3.30. The van der Waals surface area contributed by atoms with E-state index in [0.29, 0.717) is 17.1 Å². The zero-order chi connectivity index (χ0) is 16.2. The Bertz CT molecular complexity index is 844. The van der Waals surface area contributed by atoms with Crippen LogP contribution in [-0.4, -0.2) is 10.9 Å². The van der Waals surface area contributed by atoms with Crippen LogP contribution >= 0.6 is 27.5 Å². The van der Waals surface area contributed by atoms with Crippen LogP contribution in [0.5, 0.6) is 0 Å². The van der Waals surface area contributed by atoms with Crippen molar-refractivity contribution in [3.05, 3.63) is 63.7 Å². The number of aromatic amines is 1. The first-order valence-corrected chi connectivity index (χ1v) is 8.60. The summed E-state index contributed by atoms with van der Waals surface area (Å²) >= 11 is 9.45. The molecule has 0 bridgehead atoms. The minimum atomic E-state index is -0.0194. The van der Waals surface area contributed by atoms with Crippen LogP contribution in [0.1, 0.15) is 18.4 Å². The Morgan fingerprint density at radius 2 is 2.04 bits per heavy atom. The van der Waals surface area contributed by atoms with Crippen LogP contribution in [0.25, 0.3) is 10.9 Å². The molecule has 1 heterocycles. The predicted octanol–water partition coefficient (Wildman–Crippen LogP) is 5.55. The number of H-pyrrole nitrogens is 1. The second-order valence-electron chi connectivity index (χ2n) is 5.39. The van der Waals surface area contributed by atoms with E-state index in [4.69, 9.17) is 11.6 Å². The molecule has 23 heavy (non-hydrogen) atoms. The van der Waals surface area contributed by atoms with E-state index in [1.807, 2.05) is 24.4 Å². The van der Waals surface area contributed by atoms with Crippen molar-refractivity contribution in [3.8, 4) is 0 Å². The van der Waals surface area contributed by atoms with Gasteiger partial charge in [0.1, 0.15) is 0 Å². The maximum atomic E-state index is 12.1. The lowest BCUT2D eigenvalue weighted by molar-refractivity contribution is -0.116. The summed E-state index contributed by atoms with van der Waals surface area (Å²) in [5.41, 5.74) is 3.02. The molecule has 5 heteroatoms. The molecule has 1 amide bonds. The van der Waals surface area contributed by atoms with Crippen molar-refractivity contribution in [2.45, 2.75) is 19.3 Å². The lowest BCUT2D eigenvalue weighted by atomic mass is 10.1. The largest absolute Gasteiger partial charge is 0.361 e. The minimum Gasteiger partial charge on any atom is -0.361 e. The van der Waals surface area contributed by atoms with E-state index < -0.39 is 0 Å². The van der Waals surface area contributed by atoms with E-state index in [1.165, 1.54) is 10.9 Å². The van der Waals surface area contributed by atoms with Gasteiger partial charge in [-0.25, -0.2) is 0 Å². The fraction of sp³-hybridized carbons (Fsp3) is 0.167. The average molecular weight is 392 g/mol. The first kappa shape index (κ1) is 16.1. The number of carbonyl (C=O) groups is 1. The van der Waals surface area contributed by atoms with E-state index in [1.54, 1.807) is 12.1 Å². The average Bonchev–Trinajstić information content (AvgIpc) is 2.94. The van der Waals surface area contributed by atoms with Crippen LogP contribution in [0, 0.1) is 0 Å². The molecule has 0 spiro atoms. The summed E-state index contributed by atoms with van der Waals surface area (Å²) in [6.45, 7) is 0. The highest BCUT2D eigenvalue weighted by molar-refractivity contribution is 9.10. The van der Waals surface area contributed by atoms with Crippen molar-refractivity contribution < 1.29 is 4.79 Å². The smallest absolute Gasteiger partial charge is 0.224 e. The number of halogens is 2. The van der Waals surface area contributed by atoms with Gasteiger partial charge in [0.15, 0.2) is 0 Å². The van der Waals surface area contributed by atoms with E-state index in [2.05, 4.69) is 38.4 Å². The zero-order valence-corrected chi connectivity index (χ0v) is 14.7. The first-order valence-electron chi connectivity index (χ1n) is 7.43. The second kappa shape index (κ2) is 7.20.